The van der Waals surface area contributed by atoms with Crippen LogP contribution in [0.15, 0.2) is 36.4 Å². The largest absolute Gasteiger partial charge is 0.487 e. The van der Waals surface area contributed by atoms with Crippen LogP contribution in [0.3, 0.4) is 0 Å². The van der Waals surface area contributed by atoms with Gasteiger partial charge in [0.1, 0.15) is 17.5 Å². The van der Waals surface area contributed by atoms with Crippen LogP contribution in [-0.2, 0) is 6.42 Å². The standard InChI is InChI=1S/C18H19ClO2/c1-11-4-5-13(9-15(11)19)17(20)12-6-7-16-14(8-12)10-18(2,3)21-16/h4-9,17,20H,10H2,1-3H3. The topological polar surface area (TPSA) is 29.5 Å². The number of aliphatic hydroxyl groups is 1. The summed E-state index contributed by atoms with van der Waals surface area (Å²) in [6, 6.07) is 11.6. The molecule has 21 heavy (non-hydrogen) atoms. The molecule has 1 N–H and O–H groups in total. The lowest BCUT2D eigenvalue weighted by Gasteiger charge is -2.16. The highest BCUT2D eigenvalue weighted by Gasteiger charge is 2.30. The maximum absolute atomic E-state index is 10.6. The Morgan fingerprint density at radius 1 is 1.14 bits per heavy atom. The summed E-state index contributed by atoms with van der Waals surface area (Å²) in [6.45, 7) is 6.10. The number of fused-ring (bicyclic) bond motifs is 1. The Balaban J connectivity index is 1.93. The van der Waals surface area contributed by atoms with Crippen molar-refractivity contribution >= 4 is 11.6 Å². The quantitative estimate of drug-likeness (QED) is 0.888. The van der Waals surface area contributed by atoms with Crippen molar-refractivity contribution in [2.45, 2.75) is 38.9 Å². The molecule has 0 saturated heterocycles. The van der Waals surface area contributed by atoms with Gasteiger partial charge in [0.2, 0.25) is 0 Å². The molecule has 1 atom stereocenters. The molecule has 2 aromatic rings. The van der Waals surface area contributed by atoms with E-state index in [1.54, 1.807) is 0 Å². The van der Waals surface area contributed by atoms with Gasteiger partial charge in [-0.3, -0.25) is 0 Å². The number of aliphatic hydroxyl groups excluding tert-OH is 1. The zero-order chi connectivity index (χ0) is 15.2. The predicted octanol–water partition coefficient (Wildman–Crippen LogP) is 4.44. The Morgan fingerprint density at radius 3 is 2.52 bits per heavy atom. The molecule has 1 aliphatic heterocycles. The average Bonchev–Trinajstić information content (AvgIpc) is 2.73. The van der Waals surface area contributed by atoms with Gasteiger partial charge in [0.15, 0.2) is 0 Å². The van der Waals surface area contributed by atoms with E-state index in [1.807, 2.05) is 43.3 Å². The molecule has 2 aromatic carbocycles. The fourth-order valence-electron chi connectivity index (χ4n) is 2.77. The SMILES string of the molecule is Cc1ccc(C(O)c2ccc3c(c2)CC(C)(C)O3)cc1Cl. The molecule has 1 heterocycles. The highest BCUT2D eigenvalue weighted by Crippen LogP contribution is 2.37. The van der Waals surface area contributed by atoms with E-state index in [2.05, 4.69) is 13.8 Å². The lowest BCUT2D eigenvalue weighted by atomic mass is 9.96. The third-order valence-corrected chi connectivity index (χ3v) is 4.32. The third kappa shape index (κ3) is 2.78. The molecule has 0 aromatic heterocycles. The number of hydrogen-bond acceptors (Lipinski definition) is 2. The Hall–Kier alpha value is -1.51. The summed E-state index contributed by atoms with van der Waals surface area (Å²) < 4.78 is 5.87. The zero-order valence-electron chi connectivity index (χ0n) is 12.5. The van der Waals surface area contributed by atoms with Crippen LogP contribution in [0.1, 0.15) is 42.2 Å². The van der Waals surface area contributed by atoms with Crippen molar-refractivity contribution in [2.24, 2.45) is 0 Å². The van der Waals surface area contributed by atoms with E-state index in [4.69, 9.17) is 16.3 Å². The minimum atomic E-state index is -0.669. The molecule has 0 radical (unpaired) electrons. The second-order valence-electron chi connectivity index (χ2n) is 6.32. The minimum Gasteiger partial charge on any atom is -0.487 e. The van der Waals surface area contributed by atoms with Gasteiger partial charge in [0.25, 0.3) is 0 Å². The van der Waals surface area contributed by atoms with Crippen LogP contribution in [-0.4, -0.2) is 10.7 Å². The zero-order valence-corrected chi connectivity index (χ0v) is 13.2. The van der Waals surface area contributed by atoms with Gasteiger partial charge in [0.05, 0.1) is 0 Å². The fraction of sp³-hybridized carbons (Fsp3) is 0.333. The van der Waals surface area contributed by atoms with E-state index in [1.165, 1.54) is 0 Å². The second kappa shape index (κ2) is 5.04. The molecule has 0 amide bonds. The molecule has 1 unspecified atom stereocenters. The van der Waals surface area contributed by atoms with Crippen LogP contribution in [0.4, 0.5) is 0 Å². The first-order chi connectivity index (χ1) is 9.85. The van der Waals surface area contributed by atoms with Gasteiger partial charge in [-0.1, -0.05) is 29.8 Å². The van der Waals surface area contributed by atoms with E-state index in [0.717, 1.165) is 34.4 Å². The summed E-state index contributed by atoms with van der Waals surface area (Å²) >= 11 is 6.15. The summed E-state index contributed by atoms with van der Waals surface area (Å²) in [5, 5.41) is 11.2. The van der Waals surface area contributed by atoms with Gasteiger partial charge in [0, 0.05) is 11.4 Å². The smallest absolute Gasteiger partial charge is 0.123 e. The molecular formula is C18H19ClO2. The van der Waals surface area contributed by atoms with Crippen molar-refractivity contribution < 1.29 is 9.84 Å². The van der Waals surface area contributed by atoms with Crippen LogP contribution in [0.5, 0.6) is 5.75 Å². The van der Waals surface area contributed by atoms with Gasteiger partial charge < -0.3 is 9.84 Å². The number of aryl methyl sites for hydroxylation is 1. The van der Waals surface area contributed by atoms with Gasteiger partial charge in [-0.05, 0) is 61.2 Å². The molecule has 1 aliphatic rings. The molecule has 0 saturated carbocycles. The number of rotatable bonds is 2. The van der Waals surface area contributed by atoms with Crippen LogP contribution < -0.4 is 4.74 Å². The summed E-state index contributed by atoms with van der Waals surface area (Å²) in [6.07, 6.45) is 0.189. The number of ether oxygens (including phenoxy) is 1. The van der Waals surface area contributed by atoms with E-state index in [9.17, 15) is 5.11 Å². The van der Waals surface area contributed by atoms with Crippen LogP contribution >= 0.6 is 11.6 Å². The monoisotopic (exact) mass is 302 g/mol. The van der Waals surface area contributed by atoms with Gasteiger partial charge in [-0.15, -0.1) is 0 Å². The maximum Gasteiger partial charge on any atom is 0.123 e. The van der Waals surface area contributed by atoms with E-state index < -0.39 is 6.10 Å². The van der Waals surface area contributed by atoms with Gasteiger partial charge >= 0.3 is 0 Å². The van der Waals surface area contributed by atoms with E-state index in [-0.39, 0.29) is 5.60 Å². The Bertz CT molecular complexity index is 692. The first-order valence-corrected chi connectivity index (χ1v) is 7.49. The maximum atomic E-state index is 10.6. The van der Waals surface area contributed by atoms with Crippen LogP contribution in [0, 0.1) is 6.92 Å². The normalized spacial score (nSPS) is 17.2. The fourth-order valence-corrected chi connectivity index (χ4v) is 2.96. The number of benzene rings is 2. The highest BCUT2D eigenvalue weighted by molar-refractivity contribution is 6.31. The van der Waals surface area contributed by atoms with Crippen molar-refractivity contribution in [3.63, 3.8) is 0 Å². The van der Waals surface area contributed by atoms with E-state index >= 15 is 0 Å². The van der Waals surface area contributed by atoms with Gasteiger partial charge in [-0.25, -0.2) is 0 Å². The van der Waals surface area contributed by atoms with Crippen molar-refractivity contribution in [2.75, 3.05) is 0 Å². The molecule has 0 bridgehead atoms. The molecule has 0 spiro atoms. The summed E-state index contributed by atoms with van der Waals surface area (Å²) in [7, 11) is 0. The second-order valence-corrected chi connectivity index (χ2v) is 6.72. The predicted molar refractivity (Wildman–Crippen MR) is 85.1 cm³/mol. The molecule has 0 fully saturated rings. The lowest BCUT2D eigenvalue weighted by Crippen LogP contribution is -2.24. The first kappa shape index (κ1) is 14.4. The van der Waals surface area contributed by atoms with Crippen LogP contribution in [0.25, 0.3) is 0 Å². The van der Waals surface area contributed by atoms with Crippen molar-refractivity contribution in [3.05, 3.63) is 63.7 Å². The summed E-state index contributed by atoms with van der Waals surface area (Å²) in [5.74, 6) is 0.915. The average molecular weight is 303 g/mol. The molecule has 0 aliphatic carbocycles. The Morgan fingerprint density at radius 2 is 1.81 bits per heavy atom. The van der Waals surface area contributed by atoms with Crippen LogP contribution in [0.2, 0.25) is 5.02 Å². The minimum absolute atomic E-state index is 0.168. The molecule has 3 heteroatoms. The summed E-state index contributed by atoms with van der Waals surface area (Å²) in [4.78, 5) is 0. The summed E-state index contributed by atoms with van der Waals surface area (Å²) in [5.41, 5.74) is 3.67. The number of halogens is 1. The van der Waals surface area contributed by atoms with E-state index in [0.29, 0.717) is 5.02 Å². The Labute approximate surface area is 130 Å². The third-order valence-electron chi connectivity index (χ3n) is 3.91. The highest BCUT2D eigenvalue weighted by atomic mass is 35.5. The van der Waals surface area contributed by atoms with Crippen molar-refractivity contribution in [3.8, 4) is 5.75 Å². The molecular weight excluding hydrogens is 284 g/mol. The van der Waals surface area contributed by atoms with Gasteiger partial charge in [-0.2, -0.15) is 0 Å². The van der Waals surface area contributed by atoms with Crippen molar-refractivity contribution in [1.29, 1.82) is 0 Å². The molecule has 2 nitrogen and oxygen atoms in total. The first-order valence-electron chi connectivity index (χ1n) is 7.12. The van der Waals surface area contributed by atoms with Crippen molar-refractivity contribution in [1.82, 2.24) is 0 Å². The lowest BCUT2D eigenvalue weighted by molar-refractivity contribution is 0.138. The number of hydrogen-bond donors (Lipinski definition) is 1. The molecule has 3 rings (SSSR count). The Kier molecular flexibility index (Phi) is 3.46. The molecule has 110 valence electrons.